The minimum atomic E-state index is 0.0888. The third-order valence-electron chi connectivity index (χ3n) is 4.31. The summed E-state index contributed by atoms with van der Waals surface area (Å²) in [5, 5.41) is 5.48. The highest BCUT2D eigenvalue weighted by molar-refractivity contribution is 7.10. The fourth-order valence-electron chi connectivity index (χ4n) is 3.05. The summed E-state index contributed by atoms with van der Waals surface area (Å²) in [6, 6.07) is 19.8. The van der Waals surface area contributed by atoms with E-state index in [1.165, 1.54) is 10.4 Å². The van der Waals surface area contributed by atoms with Crippen LogP contribution in [0.5, 0.6) is 0 Å². The number of para-hydroxylation sites is 2. The summed E-state index contributed by atoms with van der Waals surface area (Å²) in [4.78, 5) is 16.4. The van der Waals surface area contributed by atoms with Crippen LogP contribution in [-0.2, 0) is 13.0 Å². The average Bonchev–Trinajstić information content (AvgIpc) is 3.10. The lowest BCUT2D eigenvalue weighted by atomic mass is 10.1. The Labute approximate surface area is 145 Å². The molecule has 3 aromatic rings. The van der Waals surface area contributed by atoms with Gasteiger partial charge in [-0.2, -0.15) is 0 Å². The second-order valence-corrected chi connectivity index (χ2v) is 6.88. The van der Waals surface area contributed by atoms with Gasteiger partial charge in [0, 0.05) is 23.7 Å². The lowest BCUT2D eigenvalue weighted by Crippen LogP contribution is -2.35. The number of hydrogen-bond acceptors (Lipinski definition) is 3. The summed E-state index contributed by atoms with van der Waals surface area (Å²) < 4.78 is 0. The molecule has 1 aliphatic heterocycles. The van der Waals surface area contributed by atoms with Crippen LogP contribution < -0.4 is 5.32 Å². The van der Waals surface area contributed by atoms with E-state index in [0.29, 0.717) is 6.54 Å². The van der Waals surface area contributed by atoms with Crippen molar-refractivity contribution in [2.24, 2.45) is 0 Å². The number of thiophene rings is 1. The minimum Gasteiger partial charge on any atom is -0.355 e. The number of rotatable bonds is 3. The van der Waals surface area contributed by atoms with Crippen molar-refractivity contribution in [3.8, 4) is 0 Å². The van der Waals surface area contributed by atoms with E-state index in [1.54, 1.807) is 11.3 Å². The van der Waals surface area contributed by atoms with Crippen LogP contribution in [0.4, 0.5) is 11.4 Å². The number of nitrogens with zero attached hydrogens (tertiary/aromatic N) is 1. The standard InChI is InChI=1S/C20H18N2OS/c23-20(22-12-10-19-15(14-22)11-13-24-19)17-8-4-5-9-18(17)21-16-6-2-1-3-7-16/h1-9,11,13,21H,10,12,14H2. The molecular formula is C20H18N2OS. The molecular weight excluding hydrogens is 316 g/mol. The van der Waals surface area contributed by atoms with Gasteiger partial charge in [-0.25, -0.2) is 0 Å². The average molecular weight is 334 g/mol. The first kappa shape index (κ1) is 15.0. The molecule has 0 bridgehead atoms. The molecule has 1 amide bonds. The van der Waals surface area contributed by atoms with Crippen molar-refractivity contribution >= 4 is 28.6 Å². The Hall–Kier alpha value is -2.59. The molecule has 4 rings (SSSR count). The van der Waals surface area contributed by atoms with Gasteiger partial charge in [0.15, 0.2) is 0 Å². The fraction of sp³-hybridized carbons (Fsp3) is 0.150. The van der Waals surface area contributed by atoms with Crippen LogP contribution in [-0.4, -0.2) is 17.4 Å². The van der Waals surface area contributed by atoms with E-state index in [4.69, 9.17) is 0 Å². The number of anilines is 2. The topological polar surface area (TPSA) is 32.3 Å². The monoisotopic (exact) mass is 334 g/mol. The quantitative estimate of drug-likeness (QED) is 0.753. The maximum absolute atomic E-state index is 13.0. The molecule has 0 saturated carbocycles. The van der Waals surface area contributed by atoms with Gasteiger partial charge in [-0.15, -0.1) is 11.3 Å². The van der Waals surface area contributed by atoms with Gasteiger partial charge in [-0.05, 0) is 47.7 Å². The molecule has 0 aliphatic carbocycles. The molecule has 1 aliphatic rings. The van der Waals surface area contributed by atoms with E-state index < -0.39 is 0 Å². The van der Waals surface area contributed by atoms with Gasteiger partial charge in [-0.1, -0.05) is 30.3 Å². The van der Waals surface area contributed by atoms with E-state index in [-0.39, 0.29) is 5.91 Å². The van der Waals surface area contributed by atoms with Crippen molar-refractivity contribution in [1.82, 2.24) is 4.90 Å². The number of hydrogen-bond donors (Lipinski definition) is 1. The zero-order chi connectivity index (χ0) is 16.4. The molecule has 0 fully saturated rings. The summed E-state index contributed by atoms with van der Waals surface area (Å²) in [5.41, 5.74) is 3.84. The molecule has 0 unspecified atom stereocenters. The molecule has 0 atom stereocenters. The second kappa shape index (κ2) is 6.49. The largest absolute Gasteiger partial charge is 0.355 e. The Balaban J connectivity index is 1.59. The molecule has 24 heavy (non-hydrogen) atoms. The van der Waals surface area contributed by atoms with E-state index in [0.717, 1.165) is 29.9 Å². The van der Waals surface area contributed by atoms with Crippen LogP contribution in [0.25, 0.3) is 0 Å². The Morgan fingerprint density at radius 1 is 1.00 bits per heavy atom. The predicted octanol–water partition coefficient (Wildman–Crippen LogP) is 4.69. The van der Waals surface area contributed by atoms with Crippen LogP contribution in [0.2, 0.25) is 0 Å². The van der Waals surface area contributed by atoms with Gasteiger partial charge in [0.1, 0.15) is 0 Å². The Morgan fingerprint density at radius 3 is 2.67 bits per heavy atom. The van der Waals surface area contributed by atoms with Crippen molar-refractivity contribution in [3.63, 3.8) is 0 Å². The zero-order valence-corrected chi connectivity index (χ0v) is 14.1. The van der Waals surface area contributed by atoms with Crippen LogP contribution >= 0.6 is 11.3 Å². The lowest BCUT2D eigenvalue weighted by molar-refractivity contribution is 0.0737. The molecule has 1 aromatic heterocycles. The molecule has 3 nitrogen and oxygen atoms in total. The molecule has 1 N–H and O–H groups in total. The maximum atomic E-state index is 13.0. The summed E-state index contributed by atoms with van der Waals surface area (Å²) in [6.45, 7) is 1.49. The predicted molar refractivity (Wildman–Crippen MR) is 98.9 cm³/mol. The van der Waals surface area contributed by atoms with Crippen LogP contribution in [0, 0.1) is 0 Å². The van der Waals surface area contributed by atoms with Crippen molar-refractivity contribution in [2.75, 3.05) is 11.9 Å². The van der Waals surface area contributed by atoms with Gasteiger partial charge < -0.3 is 10.2 Å². The van der Waals surface area contributed by atoms with E-state index in [9.17, 15) is 4.79 Å². The number of fused-ring (bicyclic) bond motifs is 1. The van der Waals surface area contributed by atoms with Gasteiger partial charge in [0.05, 0.1) is 11.3 Å². The molecule has 0 radical (unpaired) electrons. The molecule has 0 spiro atoms. The molecule has 120 valence electrons. The van der Waals surface area contributed by atoms with Crippen LogP contribution in [0.15, 0.2) is 66.0 Å². The van der Waals surface area contributed by atoms with E-state index >= 15 is 0 Å². The van der Waals surface area contributed by atoms with Gasteiger partial charge in [-0.3, -0.25) is 4.79 Å². The summed E-state index contributed by atoms with van der Waals surface area (Å²) in [6.07, 6.45) is 0.951. The number of benzene rings is 2. The van der Waals surface area contributed by atoms with Gasteiger partial charge in [0.2, 0.25) is 0 Å². The highest BCUT2D eigenvalue weighted by Crippen LogP contribution is 2.27. The molecule has 2 aromatic carbocycles. The number of amides is 1. The van der Waals surface area contributed by atoms with E-state index in [1.807, 2.05) is 59.5 Å². The summed E-state index contributed by atoms with van der Waals surface area (Å²) in [7, 11) is 0. The normalized spacial score (nSPS) is 13.4. The molecule has 0 saturated heterocycles. The van der Waals surface area contributed by atoms with Crippen molar-refractivity contribution < 1.29 is 4.79 Å². The third kappa shape index (κ3) is 2.93. The Kier molecular flexibility index (Phi) is 4.05. The maximum Gasteiger partial charge on any atom is 0.256 e. The van der Waals surface area contributed by atoms with Gasteiger partial charge >= 0.3 is 0 Å². The third-order valence-corrected chi connectivity index (χ3v) is 5.33. The summed E-state index contributed by atoms with van der Waals surface area (Å²) >= 11 is 1.79. The van der Waals surface area contributed by atoms with Crippen molar-refractivity contribution in [2.45, 2.75) is 13.0 Å². The Bertz CT molecular complexity index is 857. The summed E-state index contributed by atoms with van der Waals surface area (Å²) in [5.74, 6) is 0.0888. The minimum absolute atomic E-state index is 0.0888. The zero-order valence-electron chi connectivity index (χ0n) is 13.2. The highest BCUT2D eigenvalue weighted by Gasteiger charge is 2.24. The smallest absolute Gasteiger partial charge is 0.256 e. The van der Waals surface area contributed by atoms with Crippen molar-refractivity contribution in [1.29, 1.82) is 0 Å². The first-order chi connectivity index (χ1) is 11.8. The van der Waals surface area contributed by atoms with E-state index in [2.05, 4.69) is 16.8 Å². The number of carbonyl (C=O) groups is 1. The number of carbonyl (C=O) groups excluding carboxylic acids is 1. The highest BCUT2D eigenvalue weighted by atomic mass is 32.1. The second-order valence-electron chi connectivity index (χ2n) is 5.88. The Morgan fingerprint density at radius 2 is 1.79 bits per heavy atom. The number of nitrogens with one attached hydrogen (secondary N) is 1. The van der Waals surface area contributed by atoms with Crippen molar-refractivity contribution in [3.05, 3.63) is 82.0 Å². The first-order valence-electron chi connectivity index (χ1n) is 8.07. The van der Waals surface area contributed by atoms with Crippen LogP contribution in [0.1, 0.15) is 20.8 Å². The molecule has 4 heteroatoms. The van der Waals surface area contributed by atoms with Gasteiger partial charge in [0.25, 0.3) is 5.91 Å². The SMILES string of the molecule is O=C(c1ccccc1Nc1ccccc1)N1CCc2sccc2C1. The van der Waals surface area contributed by atoms with Crippen LogP contribution in [0.3, 0.4) is 0 Å². The fourth-order valence-corrected chi connectivity index (χ4v) is 3.94. The lowest BCUT2D eigenvalue weighted by Gasteiger charge is -2.28. The first-order valence-corrected chi connectivity index (χ1v) is 8.95. The molecule has 2 heterocycles.